The van der Waals surface area contributed by atoms with Crippen LogP contribution in [0.5, 0.6) is 0 Å². The molecule has 2 atom stereocenters. The van der Waals surface area contributed by atoms with Crippen LogP contribution in [-0.4, -0.2) is 42.0 Å². The van der Waals surface area contributed by atoms with Gasteiger partial charge >= 0.3 is 0 Å². The number of piperazine rings is 1. The molecule has 1 fully saturated rings. The number of carbonyl (C=O) groups is 1. The van der Waals surface area contributed by atoms with E-state index in [0.29, 0.717) is 22.0 Å². The molecule has 1 saturated heterocycles. The third-order valence-electron chi connectivity index (χ3n) is 7.39. The van der Waals surface area contributed by atoms with Gasteiger partial charge in [-0.1, -0.05) is 41.0 Å². The number of carbonyl (C=O) groups excluding carboxylic acids is 1. The normalized spacial score (nSPS) is 23.1. The lowest BCUT2D eigenvalue weighted by Gasteiger charge is -2.46. The first-order valence-electron chi connectivity index (χ1n) is 12.0. The summed E-state index contributed by atoms with van der Waals surface area (Å²) < 4.78 is 19.0. The van der Waals surface area contributed by atoms with E-state index in [1.807, 2.05) is 24.3 Å². The van der Waals surface area contributed by atoms with Gasteiger partial charge in [0.15, 0.2) is 5.78 Å². The molecule has 0 bridgehead atoms. The van der Waals surface area contributed by atoms with E-state index in [0.717, 1.165) is 63.0 Å². The maximum absolute atomic E-state index is 13.5. The number of benzene rings is 2. The molecule has 2 aliphatic rings. The second-order valence-electron chi connectivity index (χ2n) is 9.52. The Bertz CT molecular complexity index is 1160. The van der Waals surface area contributed by atoms with Crippen LogP contribution in [0.4, 0.5) is 4.39 Å². The molecule has 1 aliphatic carbocycles. The fourth-order valence-electron chi connectivity index (χ4n) is 5.35. The fraction of sp³-hybridized carbons (Fsp3) is 0.407. The fourth-order valence-corrected chi connectivity index (χ4v) is 5.48. The van der Waals surface area contributed by atoms with Crippen LogP contribution in [0.3, 0.4) is 0 Å². The highest BCUT2D eigenvalue weighted by molar-refractivity contribution is 6.30. The first-order chi connectivity index (χ1) is 16.5. The number of hydrogen-bond donors (Lipinski definition) is 1. The Balaban J connectivity index is 1.27. The first kappa shape index (κ1) is 23.2. The number of Topliss-reactive ketones (excluding diaryl/α,β-unsaturated/α-hetero) is 1. The molecular formula is C27H29ClFN3O2. The van der Waals surface area contributed by atoms with Crippen molar-refractivity contribution in [1.82, 2.24) is 15.4 Å². The summed E-state index contributed by atoms with van der Waals surface area (Å²) in [5.41, 5.74) is 3.01. The highest BCUT2D eigenvalue weighted by atomic mass is 35.5. The number of aromatic nitrogens is 1. The Labute approximate surface area is 204 Å². The number of hydrogen-bond acceptors (Lipinski definition) is 5. The lowest BCUT2D eigenvalue weighted by molar-refractivity contribution is 0.0678. The molecule has 178 valence electrons. The molecule has 1 N–H and O–H groups in total. The zero-order valence-electron chi connectivity index (χ0n) is 19.3. The molecule has 2 heterocycles. The molecule has 0 spiro atoms. The predicted octanol–water partition coefficient (Wildman–Crippen LogP) is 5.48. The third-order valence-corrected chi connectivity index (χ3v) is 7.64. The van der Waals surface area contributed by atoms with Crippen LogP contribution in [0, 0.1) is 11.7 Å². The number of halogens is 2. The maximum atomic E-state index is 13.5. The van der Waals surface area contributed by atoms with E-state index in [1.165, 1.54) is 12.1 Å². The molecule has 0 saturated carbocycles. The van der Waals surface area contributed by atoms with Crippen LogP contribution in [0.2, 0.25) is 5.02 Å². The van der Waals surface area contributed by atoms with Gasteiger partial charge in [0.2, 0.25) is 0 Å². The molecule has 1 aromatic heterocycles. The Morgan fingerprint density at radius 3 is 2.74 bits per heavy atom. The molecule has 0 radical (unpaired) electrons. The Morgan fingerprint density at radius 2 is 1.97 bits per heavy atom. The minimum atomic E-state index is -0.218. The van der Waals surface area contributed by atoms with Crippen molar-refractivity contribution in [1.29, 1.82) is 0 Å². The summed E-state index contributed by atoms with van der Waals surface area (Å²) in [5, 5.41) is 8.34. The topological polar surface area (TPSA) is 58.4 Å². The minimum Gasteiger partial charge on any atom is -0.360 e. The van der Waals surface area contributed by atoms with E-state index in [2.05, 4.69) is 22.3 Å². The molecule has 3 aromatic rings. The maximum Gasteiger partial charge on any atom is 0.171 e. The highest BCUT2D eigenvalue weighted by Crippen LogP contribution is 2.36. The van der Waals surface area contributed by atoms with E-state index in [1.54, 1.807) is 12.1 Å². The summed E-state index contributed by atoms with van der Waals surface area (Å²) in [6.07, 6.45) is 3.27. The Hall–Kier alpha value is -2.54. The number of nitrogens with one attached hydrogen (secondary N) is 1. The molecule has 34 heavy (non-hydrogen) atoms. The van der Waals surface area contributed by atoms with E-state index >= 15 is 0 Å². The van der Waals surface area contributed by atoms with Crippen molar-refractivity contribution < 1.29 is 13.7 Å². The van der Waals surface area contributed by atoms with Crippen molar-refractivity contribution >= 4 is 17.4 Å². The Morgan fingerprint density at radius 1 is 1.21 bits per heavy atom. The molecule has 2 unspecified atom stereocenters. The van der Waals surface area contributed by atoms with Gasteiger partial charge in [-0.15, -0.1) is 0 Å². The van der Waals surface area contributed by atoms with Crippen molar-refractivity contribution in [2.45, 2.75) is 38.1 Å². The summed E-state index contributed by atoms with van der Waals surface area (Å²) in [7, 11) is 0. The molecule has 2 aromatic carbocycles. The van der Waals surface area contributed by atoms with Crippen LogP contribution in [0.25, 0.3) is 11.3 Å². The average molecular weight is 482 g/mol. The summed E-state index contributed by atoms with van der Waals surface area (Å²) in [6.45, 7) is 5.76. The van der Waals surface area contributed by atoms with Gasteiger partial charge < -0.3 is 9.84 Å². The van der Waals surface area contributed by atoms with Crippen molar-refractivity contribution in [2.24, 2.45) is 5.92 Å². The summed E-state index contributed by atoms with van der Waals surface area (Å²) in [4.78, 5) is 15.9. The zero-order chi connectivity index (χ0) is 23.7. The molecule has 1 aliphatic heterocycles. The van der Waals surface area contributed by atoms with Gasteiger partial charge in [0.25, 0.3) is 0 Å². The number of ketones is 1. The van der Waals surface area contributed by atoms with Gasteiger partial charge in [-0.25, -0.2) is 4.39 Å². The monoisotopic (exact) mass is 481 g/mol. The van der Waals surface area contributed by atoms with Crippen LogP contribution in [0.15, 0.2) is 53.1 Å². The molecule has 0 amide bonds. The second kappa shape index (κ2) is 9.61. The zero-order valence-corrected chi connectivity index (χ0v) is 20.1. The van der Waals surface area contributed by atoms with Gasteiger partial charge in [-0.3, -0.25) is 9.69 Å². The van der Waals surface area contributed by atoms with Crippen molar-refractivity contribution in [2.75, 3.05) is 26.2 Å². The largest absolute Gasteiger partial charge is 0.360 e. The number of nitrogens with zero attached hydrogens (tertiary/aromatic N) is 2. The minimum absolute atomic E-state index is 0.0297. The quantitative estimate of drug-likeness (QED) is 0.505. The molecular weight excluding hydrogens is 453 g/mol. The van der Waals surface area contributed by atoms with E-state index < -0.39 is 0 Å². The highest BCUT2D eigenvalue weighted by Gasteiger charge is 2.37. The predicted molar refractivity (Wildman–Crippen MR) is 131 cm³/mol. The van der Waals surface area contributed by atoms with Crippen molar-refractivity contribution in [3.05, 3.63) is 76.3 Å². The summed E-state index contributed by atoms with van der Waals surface area (Å²) in [6, 6.07) is 14.2. The average Bonchev–Trinajstić information content (AvgIpc) is 3.27. The smallest absolute Gasteiger partial charge is 0.171 e. The standard InChI is InChI=1S/C27H29ClFN3O2/c1-27(20-7-11-22(29)12-8-20)17-30-14-16-32(27)15-2-3-19-6-13-23-24(26(19)33)25(31-34-23)18-4-9-21(28)10-5-18/h4-5,7-12,19,30H,2-3,6,13-17H2,1H3. The third kappa shape index (κ3) is 4.42. The van der Waals surface area contributed by atoms with Crippen LogP contribution < -0.4 is 5.32 Å². The molecule has 7 heteroatoms. The lowest BCUT2D eigenvalue weighted by atomic mass is 9.81. The lowest BCUT2D eigenvalue weighted by Crippen LogP contribution is -2.57. The van der Waals surface area contributed by atoms with Gasteiger partial charge in [-0.05, 0) is 62.6 Å². The van der Waals surface area contributed by atoms with E-state index in [9.17, 15) is 9.18 Å². The van der Waals surface area contributed by atoms with Crippen LogP contribution >= 0.6 is 11.6 Å². The van der Waals surface area contributed by atoms with E-state index in [-0.39, 0.29) is 23.1 Å². The Kier molecular flexibility index (Phi) is 6.56. The first-order valence-corrected chi connectivity index (χ1v) is 12.3. The molecule has 5 nitrogen and oxygen atoms in total. The van der Waals surface area contributed by atoms with Crippen LogP contribution in [0.1, 0.15) is 47.9 Å². The summed E-state index contributed by atoms with van der Waals surface area (Å²) >= 11 is 6.02. The van der Waals surface area contributed by atoms with Crippen LogP contribution in [-0.2, 0) is 12.0 Å². The van der Waals surface area contributed by atoms with Gasteiger partial charge in [0.05, 0.1) is 11.1 Å². The molecule has 5 rings (SSSR count). The van der Waals surface area contributed by atoms with Gasteiger partial charge in [-0.2, -0.15) is 0 Å². The SMILES string of the molecule is CC1(c2ccc(F)cc2)CNCCN1CCCC1CCc2onc(-c3ccc(Cl)cc3)c2C1=O. The van der Waals surface area contributed by atoms with E-state index in [4.69, 9.17) is 16.1 Å². The number of aryl methyl sites for hydroxylation is 1. The number of rotatable bonds is 6. The van der Waals surface area contributed by atoms with Crippen molar-refractivity contribution in [3.8, 4) is 11.3 Å². The van der Waals surface area contributed by atoms with Gasteiger partial charge in [0, 0.05) is 42.6 Å². The second-order valence-corrected chi connectivity index (χ2v) is 9.96. The van der Waals surface area contributed by atoms with Gasteiger partial charge in [0.1, 0.15) is 17.3 Å². The summed E-state index contributed by atoms with van der Waals surface area (Å²) in [5.74, 6) is 0.578. The number of fused-ring (bicyclic) bond motifs is 1. The van der Waals surface area contributed by atoms with Crippen molar-refractivity contribution in [3.63, 3.8) is 0 Å².